The zero-order valence-corrected chi connectivity index (χ0v) is 15.9. The highest BCUT2D eigenvalue weighted by molar-refractivity contribution is 5.97. The van der Waals surface area contributed by atoms with E-state index in [2.05, 4.69) is 10.6 Å². The van der Waals surface area contributed by atoms with Gasteiger partial charge in [0.25, 0.3) is 0 Å². The van der Waals surface area contributed by atoms with Crippen molar-refractivity contribution < 1.29 is 9.59 Å². The van der Waals surface area contributed by atoms with Crippen LogP contribution in [0, 0.1) is 5.41 Å². The van der Waals surface area contributed by atoms with Crippen molar-refractivity contribution in [2.75, 3.05) is 28.6 Å². The summed E-state index contributed by atoms with van der Waals surface area (Å²) in [5.74, 6) is -0.0604. The highest BCUT2D eigenvalue weighted by atomic mass is 16.2. The molecule has 0 heterocycles. The number of benzene rings is 2. The SMILES string of the molecule is CCN(C(=O)CNc1cccc(NC(=O)C(C)(C)C)c1)c1ccccc1. The lowest BCUT2D eigenvalue weighted by Gasteiger charge is -2.21. The normalized spacial score (nSPS) is 10.9. The van der Waals surface area contributed by atoms with Gasteiger partial charge in [0.2, 0.25) is 11.8 Å². The highest BCUT2D eigenvalue weighted by Crippen LogP contribution is 2.20. The monoisotopic (exact) mass is 353 g/mol. The van der Waals surface area contributed by atoms with Gasteiger partial charge in [0.15, 0.2) is 0 Å². The average molecular weight is 353 g/mol. The molecule has 0 atom stereocenters. The molecule has 0 aromatic heterocycles. The molecule has 138 valence electrons. The fraction of sp³-hybridized carbons (Fsp3) is 0.333. The molecule has 0 saturated carbocycles. The molecule has 5 heteroatoms. The molecular weight excluding hydrogens is 326 g/mol. The van der Waals surface area contributed by atoms with Crippen molar-refractivity contribution in [1.82, 2.24) is 0 Å². The van der Waals surface area contributed by atoms with E-state index in [0.29, 0.717) is 12.2 Å². The minimum Gasteiger partial charge on any atom is -0.376 e. The van der Waals surface area contributed by atoms with Crippen molar-refractivity contribution in [3.8, 4) is 0 Å². The van der Waals surface area contributed by atoms with Crippen LogP contribution >= 0.6 is 0 Å². The Labute approximate surface area is 155 Å². The van der Waals surface area contributed by atoms with Gasteiger partial charge in [0.1, 0.15) is 0 Å². The number of nitrogens with one attached hydrogen (secondary N) is 2. The molecule has 26 heavy (non-hydrogen) atoms. The molecule has 0 fully saturated rings. The van der Waals surface area contributed by atoms with Crippen LogP contribution in [0.5, 0.6) is 0 Å². The number of rotatable bonds is 6. The predicted octanol–water partition coefficient (Wildman–Crippen LogP) is 4.14. The lowest BCUT2D eigenvalue weighted by molar-refractivity contribution is -0.123. The first-order valence-corrected chi connectivity index (χ1v) is 8.82. The number of anilines is 3. The Balaban J connectivity index is 2.00. The molecule has 2 rings (SSSR count). The maximum Gasteiger partial charge on any atom is 0.246 e. The molecule has 0 aliphatic carbocycles. The van der Waals surface area contributed by atoms with Crippen LogP contribution in [-0.4, -0.2) is 24.9 Å². The van der Waals surface area contributed by atoms with Gasteiger partial charge in [-0.05, 0) is 37.3 Å². The van der Waals surface area contributed by atoms with Gasteiger partial charge in [-0.1, -0.05) is 45.0 Å². The van der Waals surface area contributed by atoms with E-state index < -0.39 is 5.41 Å². The minimum atomic E-state index is -0.462. The predicted molar refractivity (Wildman–Crippen MR) is 107 cm³/mol. The minimum absolute atomic E-state index is 0.0113. The molecule has 0 bridgehead atoms. The van der Waals surface area contributed by atoms with E-state index in [1.165, 1.54) is 0 Å². The van der Waals surface area contributed by atoms with E-state index in [0.717, 1.165) is 11.4 Å². The molecule has 0 radical (unpaired) electrons. The third-order valence-corrected chi connectivity index (χ3v) is 3.93. The summed E-state index contributed by atoms with van der Waals surface area (Å²) in [6.45, 7) is 8.34. The van der Waals surface area contributed by atoms with Crippen molar-refractivity contribution in [3.63, 3.8) is 0 Å². The van der Waals surface area contributed by atoms with Crippen LogP contribution in [0.25, 0.3) is 0 Å². The summed E-state index contributed by atoms with van der Waals surface area (Å²) in [6.07, 6.45) is 0. The van der Waals surface area contributed by atoms with Gasteiger partial charge in [0.05, 0.1) is 6.54 Å². The number of hydrogen-bond acceptors (Lipinski definition) is 3. The molecule has 2 N–H and O–H groups in total. The molecule has 2 amide bonds. The fourth-order valence-corrected chi connectivity index (χ4v) is 2.41. The Morgan fingerprint density at radius 1 is 0.962 bits per heavy atom. The van der Waals surface area contributed by atoms with Gasteiger partial charge in [-0.15, -0.1) is 0 Å². The number of likely N-dealkylation sites (N-methyl/N-ethyl adjacent to an activating group) is 1. The molecule has 0 unspecified atom stereocenters. The third-order valence-electron chi connectivity index (χ3n) is 3.93. The Hall–Kier alpha value is -2.82. The number of amides is 2. The average Bonchev–Trinajstić information content (AvgIpc) is 2.61. The standard InChI is InChI=1S/C21H27N3O2/c1-5-24(18-12-7-6-8-13-18)19(25)15-22-16-10-9-11-17(14-16)23-20(26)21(2,3)4/h6-14,22H,5,15H2,1-4H3,(H,23,26). The van der Waals surface area contributed by atoms with Crippen molar-refractivity contribution in [3.05, 3.63) is 54.6 Å². The maximum absolute atomic E-state index is 12.5. The Bertz CT molecular complexity index is 751. The first-order chi connectivity index (χ1) is 12.3. The Morgan fingerprint density at radius 3 is 2.23 bits per heavy atom. The first-order valence-electron chi connectivity index (χ1n) is 8.82. The van der Waals surface area contributed by atoms with Crippen LogP contribution in [0.15, 0.2) is 54.6 Å². The summed E-state index contributed by atoms with van der Waals surface area (Å²) < 4.78 is 0. The van der Waals surface area contributed by atoms with Crippen molar-refractivity contribution >= 4 is 28.9 Å². The van der Waals surface area contributed by atoms with Gasteiger partial charge in [-0.3, -0.25) is 9.59 Å². The van der Waals surface area contributed by atoms with Gasteiger partial charge in [-0.2, -0.15) is 0 Å². The summed E-state index contributed by atoms with van der Waals surface area (Å²) in [7, 11) is 0. The van der Waals surface area contributed by atoms with Crippen LogP contribution in [-0.2, 0) is 9.59 Å². The molecule has 2 aromatic rings. The summed E-state index contributed by atoms with van der Waals surface area (Å²) in [5, 5.41) is 6.03. The number of nitrogens with zero attached hydrogens (tertiary/aromatic N) is 1. The number of carbonyl (C=O) groups excluding carboxylic acids is 2. The topological polar surface area (TPSA) is 61.4 Å². The maximum atomic E-state index is 12.5. The highest BCUT2D eigenvalue weighted by Gasteiger charge is 2.21. The van der Waals surface area contributed by atoms with Crippen molar-refractivity contribution in [2.24, 2.45) is 5.41 Å². The lowest BCUT2D eigenvalue weighted by Crippen LogP contribution is -2.35. The summed E-state index contributed by atoms with van der Waals surface area (Å²) in [4.78, 5) is 26.4. The van der Waals surface area contributed by atoms with Crippen molar-refractivity contribution in [2.45, 2.75) is 27.7 Å². The number of carbonyl (C=O) groups is 2. The molecule has 5 nitrogen and oxygen atoms in total. The zero-order chi connectivity index (χ0) is 19.2. The van der Waals surface area contributed by atoms with Crippen molar-refractivity contribution in [1.29, 1.82) is 0 Å². The first kappa shape index (κ1) is 19.5. The molecule has 0 saturated heterocycles. The van der Waals surface area contributed by atoms with E-state index in [9.17, 15) is 9.59 Å². The van der Waals surface area contributed by atoms with Crippen LogP contribution in [0.4, 0.5) is 17.1 Å². The Kier molecular flexibility index (Phi) is 6.39. The molecule has 0 aliphatic rings. The number of hydrogen-bond donors (Lipinski definition) is 2. The largest absolute Gasteiger partial charge is 0.376 e. The molecule has 0 aliphatic heterocycles. The van der Waals surface area contributed by atoms with E-state index >= 15 is 0 Å². The Morgan fingerprint density at radius 2 is 1.62 bits per heavy atom. The van der Waals surface area contributed by atoms with Crippen LogP contribution < -0.4 is 15.5 Å². The smallest absolute Gasteiger partial charge is 0.246 e. The van der Waals surface area contributed by atoms with Gasteiger partial charge in [-0.25, -0.2) is 0 Å². The van der Waals surface area contributed by atoms with Crippen LogP contribution in [0.1, 0.15) is 27.7 Å². The van der Waals surface area contributed by atoms with Crippen LogP contribution in [0.3, 0.4) is 0 Å². The fourth-order valence-electron chi connectivity index (χ4n) is 2.41. The van der Waals surface area contributed by atoms with Gasteiger partial charge < -0.3 is 15.5 Å². The summed E-state index contributed by atoms with van der Waals surface area (Å²) >= 11 is 0. The van der Waals surface area contributed by atoms with Gasteiger partial charge in [0, 0.05) is 29.0 Å². The molecule has 0 spiro atoms. The van der Waals surface area contributed by atoms with E-state index in [-0.39, 0.29) is 18.4 Å². The molecule has 2 aromatic carbocycles. The number of para-hydroxylation sites is 1. The summed E-state index contributed by atoms with van der Waals surface area (Å²) in [5.41, 5.74) is 1.91. The van der Waals surface area contributed by atoms with E-state index in [1.807, 2.05) is 82.3 Å². The second kappa shape index (κ2) is 8.52. The second-order valence-electron chi connectivity index (χ2n) is 7.11. The molecular formula is C21H27N3O2. The third kappa shape index (κ3) is 5.34. The quantitative estimate of drug-likeness (QED) is 0.820. The second-order valence-corrected chi connectivity index (χ2v) is 7.11. The van der Waals surface area contributed by atoms with Crippen LogP contribution in [0.2, 0.25) is 0 Å². The summed E-state index contributed by atoms with van der Waals surface area (Å²) in [6, 6.07) is 17.0. The van der Waals surface area contributed by atoms with Gasteiger partial charge >= 0.3 is 0 Å². The van der Waals surface area contributed by atoms with E-state index in [1.54, 1.807) is 4.90 Å². The zero-order valence-electron chi connectivity index (χ0n) is 15.9. The van der Waals surface area contributed by atoms with E-state index in [4.69, 9.17) is 0 Å². The lowest BCUT2D eigenvalue weighted by atomic mass is 9.95.